The van der Waals surface area contributed by atoms with Gasteiger partial charge in [0.1, 0.15) is 11.4 Å². The standard InChI is InChI=1S/C19H15N3O5S/c1-19(2)9-14(23)12-7-10(3-6-15(12)27-19)17(24)21-18-20-13-5-4-11(22(25)26)8-16(13)28-18/h3-8H,9H2,1-2H3,(H,20,21,24). The minimum absolute atomic E-state index is 0.0369. The molecule has 0 atom stereocenters. The molecule has 0 unspecified atom stereocenters. The lowest BCUT2D eigenvalue weighted by atomic mass is 9.92. The van der Waals surface area contributed by atoms with Gasteiger partial charge in [0.25, 0.3) is 11.6 Å². The molecule has 0 radical (unpaired) electrons. The van der Waals surface area contributed by atoms with E-state index in [1.165, 1.54) is 24.3 Å². The Morgan fingerprint density at radius 3 is 2.82 bits per heavy atom. The number of aromatic nitrogens is 1. The molecule has 142 valence electrons. The number of carbonyl (C=O) groups excluding carboxylic acids is 2. The van der Waals surface area contributed by atoms with Gasteiger partial charge in [-0.25, -0.2) is 4.98 Å². The van der Waals surface area contributed by atoms with Crippen molar-refractivity contribution in [2.24, 2.45) is 0 Å². The molecule has 1 aliphatic heterocycles. The molecule has 8 nitrogen and oxygen atoms in total. The molecule has 4 rings (SSSR count). The van der Waals surface area contributed by atoms with Crippen LogP contribution in [0.15, 0.2) is 36.4 Å². The van der Waals surface area contributed by atoms with Gasteiger partial charge in [-0.15, -0.1) is 0 Å². The summed E-state index contributed by atoms with van der Waals surface area (Å²) < 4.78 is 6.39. The van der Waals surface area contributed by atoms with Crippen LogP contribution >= 0.6 is 11.3 Å². The predicted octanol–water partition coefficient (Wildman–Crippen LogP) is 4.20. The van der Waals surface area contributed by atoms with Crippen molar-refractivity contribution in [1.82, 2.24) is 4.98 Å². The van der Waals surface area contributed by atoms with Gasteiger partial charge in [0.2, 0.25) is 0 Å². The largest absolute Gasteiger partial charge is 0.487 e. The van der Waals surface area contributed by atoms with E-state index < -0.39 is 16.4 Å². The number of nitro groups is 1. The molecule has 1 amide bonds. The number of amides is 1. The van der Waals surface area contributed by atoms with E-state index in [4.69, 9.17) is 4.74 Å². The third-order valence-corrected chi connectivity index (χ3v) is 5.25. The molecule has 1 aliphatic rings. The minimum atomic E-state index is -0.572. The van der Waals surface area contributed by atoms with Crippen LogP contribution in [-0.4, -0.2) is 27.2 Å². The van der Waals surface area contributed by atoms with Gasteiger partial charge in [0.05, 0.1) is 27.1 Å². The lowest BCUT2D eigenvalue weighted by Gasteiger charge is -2.31. The predicted molar refractivity (Wildman–Crippen MR) is 104 cm³/mol. The van der Waals surface area contributed by atoms with Crippen LogP contribution in [0.2, 0.25) is 0 Å². The minimum Gasteiger partial charge on any atom is -0.487 e. The van der Waals surface area contributed by atoms with Crippen LogP contribution in [0, 0.1) is 10.1 Å². The van der Waals surface area contributed by atoms with E-state index in [9.17, 15) is 19.7 Å². The second kappa shape index (κ2) is 6.38. The fourth-order valence-corrected chi connectivity index (χ4v) is 3.94. The molecule has 0 bridgehead atoms. The smallest absolute Gasteiger partial charge is 0.270 e. The van der Waals surface area contributed by atoms with Crippen molar-refractivity contribution in [3.05, 3.63) is 57.6 Å². The van der Waals surface area contributed by atoms with E-state index in [0.717, 1.165) is 11.3 Å². The quantitative estimate of drug-likeness (QED) is 0.524. The van der Waals surface area contributed by atoms with Crippen LogP contribution in [0.5, 0.6) is 5.75 Å². The maximum atomic E-state index is 12.6. The number of anilines is 1. The van der Waals surface area contributed by atoms with Crippen molar-refractivity contribution in [1.29, 1.82) is 0 Å². The molecule has 0 spiro atoms. The number of hydrogen-bond donors (Lipinski definition) is 1. The zero-order chi connectivity index (χ0) is 20.1. The van der Waals surface area contributed by atoms with Gasteiger partial charge >= 0.3 is 0 Å². The van der Waals surface area contributed by atoms with E-state index in [-0.39, 0.29) is 17.9 Å². The first-order valence-electron chi connectivity index (χ1n) is 8.44. The summed E-state index contributed by atoms with van der Waals surface area (Å²) >= 11 is 1.14. The molecule has 9 heteroatoms. The highest BCUT2D eigenvalue weighted by atomic mass is 32.1. The Bertz CT molecular complexity index is 1150. The summed E-state index contributed by atoms with van der Waals surface area (Å²) in [7, 11) is 0. The molecule has 0 saturated heterocycles. The van der Waals surface area contributed by atoms with Crippen LogP contribution in [0.4, 0.5) is 10.8 Å². The summed E-state index contributed by atoms with van der Waals surface area (Å²) in [5.74, 6) is -0.0349. The van der Waals surface area contributed by atoms with Crippen molar-refractivity contribution >= 4 is 44.1 Å². The Morgan fingerprint density at radius 2 is 2.07 bits per heavy atom. The van der Waals surface area contributed by atoms with Crippen LogP contribution in [-0.2, 0) is 0 Å². The van der Waals surface area contributed by atoms with Gasteiger partial charge in [-0.05, 0) is 38.1 Å². The second-order valence-corrected chi connectivity index (χ2v) is 8.09. The number of hydrogen-bond acceptors (Lipinski definition) is 7. The number of carbonyl (C=O) groups is 2. The zero-order valence-corrected chi connectivity index (χ0v) is 15.8. The highest BCUT2D eigenvalue weighted by Crippen LogP contribution is 2.34. The molecule has 0 fully saturated rings. The second-order valence-electron chi connectivity index (χ2n) is 7.05. The number of non-ortho nitro benzene ring substituents is 1. The van der Waals surface area contributed by atoms with Crippen molar-refractivity contribution in [3.8, 4) is 5.75 Å². The molecule has 2 aromatic carbocycles. The number of nitrogens with one attached hydrogen (secondary N) is 1. The number of ketones is 1. The fraction of sp³-hybridized carbons (Fsp3) is 0.211. The molecule has 0 aliphatic carbocycles. The first-order valence-corrected chi connectivity index (χ1v) is 9.26. The number of ether oxygens (including phenoxy) is 1. The summed E-state index contributed by atoms with van der Waals surface area (Å²) in [4.78, 5) is 39.6. The number of thiazole rings is 1. The Balaban J connectivity index is 1.59. The first kappa shape index (κ1) is 18.1. The van der Waals surface area contributed by atoms with E-state index in [1.54, 1.807) is 12.1 Å². The Kier molecular flexibility index (Phi) is 4.11. The Morgan fingerprint density at radius 1 is 1.29 bits per heavy atom. The SMILES string of the molecule is CC1(C)CC(=O)c2cc(C(=O)Nc3nc4ccc([N+](=O)[O-])cc4s3)ccc2O1. The van der Waals surface area contributed by atoms with Crippen LogP contribution in [0.25, 0.3) is 10.2 Å². The third kappa shape index (κ3) is 3.31. The number of nitrogens with zero attached hydrogens (tertiary/aromatic N) is 2. The topological polar surface area (TPSA) is 111 Å². The van der Waals surface area contributed by atoms with E-state index in [1.807, 2.05) is 13.8 Å². The monoisotopic (exact) mass is 397 g/mol. The molecule has 0 saturated carbocycles. The van der Waals surface area contributed by atoms with Gasteiger partial charge in [0.15, 0.2) is 10.9 Å². The van der Waals surface area contributed by atoms with Gasteiger partial charge in [-0.2, -0.15) is 0 Å². The highest BCUT2D eigenvalue weighted by Gasteiger charge is 2.32. The maximum Gasteiger partial charge on any atom is 0.270 e. The van der Waals surface area contributed by atoms with Crippen LogP contribution in [0.3, 0.4) is 0 Å². The average Bonchev–Trinajstić information content (AvgIpc) is 3.01. The lowest BCUT2D eigenvalue weighted by molar-refractivity contribution is -0.384. The van der Waals surface area contributed by atoms with Crippen molar-refractivity contribution in [2.45, 2.75) is 25.9 Å². The zero-order valence-electron chi connectivity index (χ0n) is 15.0. The molecule has 1 N–H and O–H groups in total. The number of Topliss-reactive ketones (excluding diaryl/α,β-unsaturated/α-hetero) is 1. The third-order valence-electron chi connectivity index (χ3n) is 4.32. The normalized spacial score (nSPS) is 15.0. The van der Waals surface area contributed by atoms with Crippen molar-refractivity contribution < 1.29 is 19.2 Å². The molecule has 2 heterocycles. The van der Waals surface area contributed by atoms with E-state index in [2.05, 4.69) is 10.3 Å². The van der Waals surface area contributed by atoms with E-state index >= 15 is 0 Å². The fourth-order valence-electron chi connectivity index (χ4n) is 3.04. The van der Waals surface area contributed by atoms with Gasteiger partial charge in [-0.1, -0.05) is 11.3 Å². The first-order chi connectivity index (χ1) is 13.2. The van der Waals surface area contributed by atoms with E-state index in [0.29, 0.717) is 32.2 Å². The molecular weight excluding hydrogens is 382 g/mol. The molecule has 1 aromatic heterocycles. The molecular formula is C19H15N3O5S. The summed E-state index contributed by atoms with van der Waals surface area (Å²) in [6.45, 7) is 3.68. The van der Waals surface area contributed by atoms with Crippen molar-refractivity contribution in [2.75, 3.05) is 5.32 Å². The van der Waals surface area contributed by atoms with Gasteiger partial charge < -0.3 is 4.74 Å². The van der Waals surface area contributed by atoms with Crippen molar-refractivity contribution in [3.63, 3.8) is 0 Å². The number of rotatable bonds is 3. The number of nitro benzene ring substituents is 1. The highest BCUT2D eigenvalue weighted by molar-refractivity contribution is 7.22. The average molecular weight is 397 g/mol. The molecule has 3 aromatic rings. The number of benzene rings is 2. The van der Waals surface area contributed by atoms with Crippen LogP contribution < -0.4 is 10.1 Å². The summed E-state index contributed by atoms with van der Waals surface area (Å²) in [6.07, 6.45) is 0.238. The van der Waals surface area contributed by atoms with Gasteiger partial charge in [0, 0.05) is 17.7 Å². The Labute approximate surface area is 163 Å². The lowest BCUT2D eigenvalue weighted by Crippen LogP contribution is -2.36. The summed E-state index contributed by atoms with van der Waals surface area (Å²) in [6, 6.07) is 9.03. The van der Waals surface area contributed by atoms with Crippen LogP contribution in [0.1, 0.15) is 41.0 Å². The summed E-state index contributed by atoms with van der Waals surface area (Å²) in [5.41, 5.74) is 0.636. The van der Waals surface area contributed by atoms with Gasteiger partial charge in [-0.3, -0.25) is 25.0 Å². The molecule has 28 heavy (non-hydrogen) atoms. The number of fused-ring (bicyclic) bond motifs is 2. The Hall–Kier alpha value is -3.33. The maximum absolute atomic E-state index is 12.6. The summed E-state index contributed by atoms with van der Waals surface area (Å²) in [5, 5.41) is 13.9.